The molecule has 146 valence electrons. The third kappa shape index (κ3) is 8.61. The molecule has 8 nitrogen and oxygen atoms in total. The van der Waals surface area contributed by atoms with Gasteiger partial charge in [-0.2, -0.15) is 0 Å². The van der Waals surface area contributed by atoms with E-state index < -0.39 is 10.1 Å². The molecule has 0 spiro atoms. The Morgan fingerprint density at radius 2 is 1.48 bits per heavy atom. The van der Waals surface area contributed by atoms with Crippen LogP contribution >= 0.6 is 0 Å². The van der Waals surface area contributed by atoms with Gasteiger partial charge in [-0.15, -0.1) is 0 Å². The van der Waals surface area contributed by atoms with Gasteiger partial charge in [-0.25, -0.2) is 8.42 Å². The van der Waals surface area contributed by atoms with Crippen LogP contribution in [0.5, 0.6) is 5.75 Å². The van der Waals surface area contributed by atoms with Crippen LogP contribution in [0.3, 0.4) is 0 Å². The SMILES string of the molecule is Cc1cc(O)c(C(C)C)cc1S(=O)(=O)[O-].OCC[NH+](CCO)CCO. The van der Waals surface area contributed by atoms with Crippen LogP contribution in [0.15, 0.2) is 17.0 Å². The monoisotopic (exact) mass is 379 g/mol. The number of rotatable bonds is 8. The molecule has 0 heterocycles. The standard InChI is InChI=1S/C10H14O4S.C6H15NO3/c1-6(2)8-5-10(15(12,13)14)7(3)4-9(8)11;8-4-1-7(2-5-9)3-6-10/h4-6,11H,1-3H3,(H,12,13,14);8-10H,1-6H2. The summed E-state index contributed by atoms with van der Waals surface area (Å²) in [4.78, 5) is 0.775. The van der Waals surface area contributed by atoms with E-state index in [9.17, 15) is 18.1 Å². The molecular formula is C16H29NO7S. The van der Waals surface area contributed by atoms with Crippen LogP contribution in [0.4, 0.5) is 0 Å². The first-order valence-corrected chi connectivity index (χ1v) is 9.44. The largest absolute Gasteiger partial charge is 0.744 e. The molecule has 25 heavy (non-hydrogen) atoms. The molecule has 0 aliphatic heterocycles. The van der Waals surface area contributed by atoms with Crippen LogP contribution in [0, 0.1) is 6.92 Å². The van der Waals surface area contributed by atoms with Gasteiger partial charge in [0.2, 0.25) is 0 Å². The third-order valence-electron chi connectivity index (χ3n) is 3.61. The lowest BCUT2D eigenvalue weighted by Gasteiger charge is -2.15. The molecule has 0 saturated heterocycles. The number of benzene rings is 1. The van der Waals surface area contributed by atoms with Crippen LogP contribution in [0.1, 0.15) is 30.9 Å². The van der Waals surface area contributed by atoms with E-state index in [4.69, 9.17) is 15.3 Å². The Morgan fingerprint density at radius 3 is 1.80 bits per heavy atom. The van der Waals surface area contributed by atoms with Crippen molar-refractivity contribution < 1.29 is 38.3 Å². The second-order valence-corrected chi connectivity index (χ2v) is 7.30. The fraction of sp³-hybridized carbons (Fsp3) is 0.625. The number of phenolic OH excluding ortho intramolecular Hbond substituents is 1. The van der Waals surface area contributed by atoms with E-state index >= 15 is 0 Å². The molecule has 0 amide bonds. The number of aryl methyl sites for hydroxylation is 1. The van der Waals surface area contributed by atoms with Gasteiger partial charge in [0, 0.05) is 0 Å². The van der Waals surface area contributed by atoms with Gasteiger partial charge >= 0.3 is 0 Å². The Kier molecular flexibility index (Phi) is 10.8. The Labute approximate surface area is 149 Å². The summed E-state index contributed by atoms with van der Waals surface area (Å²) in [6.07, 6.45) is 0. The van der Waals surface area contributed by atoms with Crippen molar-refractivity contribution in [3.05, 3.63) is 23.3 Å². The molecule has 0 fully saturated rings. The van der Waals surface area contributed by atoms with Gasteiger partial charge in [0.25, 0.3) is 0 Å². The van der Waals surface area contributed by atoms with Gasteiger partial charge in [0.05, 0.1) is 24.7 Å². The average Bonchev–Trinajstić information content (AvgIpc) is 2.47. The van der Waals surface area contributed by atoms with E-state index in [-0.39, 0.29) is 41.9 Å². The Morgan fingerprint density at radius 1 is 1.04 bits per heavy atom. The van der Waals surface area contributed by atoms with Gasteiger partial charge in [0.15, 0.2) is 0 Å². The lowest BCUT2D eigenvalue weighted by atomic mass is 10.0. The number of quaternary nitrogens is 1. The number of aliphatic hydroxyl groups excluding tert-OH is 3. The van der Waals surface area contributed by atoms with Gasteiger partial charge in [0.1, 0.15) is 35.5 Å². The molecule has 1 aromatic rings. The number of aliphatic hydroxyl groups is 3. The van der Waals surface area contributed by atoms with Crippen molar-refractivity contribution in [3.63, 3.8) is 0 Å². The van der Waals surface area contributed by atoms with E-state index in [1.165, 1.54) is 19.1 Å². The quantitative estimate of drug-likeness (QED) is 0.349. The zero-order chi connectivity index (χ0) is 19.6. The summed E-state index contributed by atoms with van der Waals surface area (Å²) in [6, 6.07) is 2.55. The molecule has 0 bridgehead atoms. The molecule has 0 aliphatic carbocycles. The number of nitrogens with one attached hydrogen (secondary N) is 1. The maximum absolute atomic E-state index is 10.9. The molecule has 5 N–H and O–H groups in total. The molecule has 1 aromatic carbocycles. The summed E-state index contributed by atoms with van der Waals surface area (Å²) in [5, 5.41) is 35.1. The van der Waals surface area contributed by atoms with E-state index in [1.807, 2.05) is 13.8 Å². The first-order chi connectivity index (χ1) is 11.6. The normalized spacial score (nSPS) is 11.6. The highest BCUT2D eigenvalue weighted by molar-refractivity contribution is 7.85. The molecule has 0 aliphatic rings. The Hall–Kier alpha value is -1.23. The minimum atomic E-state index is -4.47. The van der Waals surface area contributed by atoms with E-state index in [1.54, 1.807) is 0 Å². The first kappa shape index (κ1) is 23.8. The van der Waals surface area contributed by atoms with Crippen LogP contribution in [0.25, 0.3) is 0 Å². The van der Waals surface area contributed by atoms with Crippen molar-refractivity contribution in [2.45, 2.75) is 31.6 Å². The molecular weight excluding hydrogens is 350 g/mol. The van der Waals surface area contributed by atoms with Gasteiger partial charge in [-0.3, -0.25) is 0 Å². The molecule has 0 saturated carbocycles. The van der Waals surface area contributed by atoms with E-state index in [2.05, 4.69) is 0 Å². The van der Waals surface area contributed by atoms with Crippen LogP contribution in [-0.2, 0) is 10.1 Å². The first-order valence-electron chi connectivity index (χ1n) is 8.04. The lowest BCUT2D eigenvalue weighted by Crippen LogP contribution is -3.13. The number of phenols is 1. The number of hydrogen-bond donors (Lipinski definition) is 5. The second kappa shape index (κ2) is 11.4. The lowest BCUT2D eigenvalue weighted by molar-refractivity contribution is -0.901. The number of hydrogen-bond acceptors (Lipinski definition) is 7. The Bertz CT molecular complexity index is 603. The highest BCUT2D eigenvalue weighted by Gasteiger charge is 2.13. The molecule has 0 aromatic heterocycles. The molecule has 0 unspecified atom stereocenters. The highest BCUT2D eigenvalue weighted by Crippen LogP contribution is 2.30. The minimum Gasteiger partial charge on any atom is -0.744 e. The predicted octanol–water partition coefficient (Wildman–Crippen LogP) is -1.42. The summed E-state index contributed by atoms with van der Waals surface area (Å²) in [7, 11) is -4.47. The molecule has 0 radical (unpaired) electrons. The fourth-order valence-electron chi connectivity index (χ4n) is 2.27. The topological polar surface area (TPSA) is 143 Å². The van der Waals surface area contributed by atoms with Crippen LogP contribution < -0.4 is 4.90 Å². The number of aromatic hydroxyl groups is 1. The van der Waals surface area contributed by atoms with E-state index in [0.29, 0.717) is 25.2 Å². The zero-order valence-corrected chi connectivity index (χ0v) is 15.7. The third-order valence-corrected chi connectivity index (χ3v) is 4.59. The maximum Gasteiger partial charge on any atom is 0.124 e. The van der Waals surface area contributed by atoms with E-state index in [0.717, 1.165) is 4.90 Å². The van der Waals surface area contributed by atoms with Crippen molar-refractivity contribution in [1.82, 2.24) is 0 Å². The van der Waals surface area contributed by atoms with Crippen molar-refractivity contribution in [3.8, 4) is 5.75 Å². The fourth-order valence-corrected chi connectivity index (χ4v) is 2.99. The molecule has 0 atom stereocenters. The average molecular weight is 379 g/mol. The summed E-state index contributed by atoms with van der Waals surface area (Å²) < 4.78 is 32.7. The minimum absolute atomic E-state index is 0.0231. The highest BCUT2D eigenvalue weighted by atomic mass is 32.2. The zero-order valence-electron chi connectivity index (χ0n) is 14.9. The molecule has 1 rings (SSSR count). The van der Waals surface area contributed by atoms with Gasteiger partial charge in [-0.05, 0) is 36.1 Å². The van der Waals surface area contributed by atoms with Crippen molar-refractivity contribution in [2.75, 3.05) is 39.5 Å². The molecule has 9 heteroatoms. The summed E-state index contributed by atoms with van der Waals surface area (Å²) in [5.41, 5.74) is 0.738. The second-order valence-electron chi connectivity index (χ2n) is 5.96. The summed E-state index contributed by atoms with van der Waals surface area (Å²) in [6.45, 7) is 7.22. The summed E-state index contributed by atoms with van der Waals surface area (Å²) in [5.74, 6) is -0.0130. The maximum atomic E-state index is 10.9. The smallest absolute Gasteiger partial charge is 0.124 e. The van der Waals surface area contributed by atoms with Crippen LogP contribution in [0.2, 0.25) is 0 Å². The van der Waals surface area contributed by atoms with Crippen molar-refractivity contribution in [1.29, 1.82) is 0 Å². The summed E-state index contributed by atoms with van der Waals surface area (Å²) >= 11 is 0. The van der Waals surface area contributed by atoms with Crippen LogP contribution in [-0.4, -0.2) is 72.9 Å². The Balaban J connectivity index is 0.000000504. The van der Waals surface area contributed by atoms with Crippen molar-refractivity contribution in [2.24, 2.45) is 0 Å². The van der Waals surface area contributed by atoms with Gasteiger partial charge < -0.3 is 29.9 Å². The van der Waals surface area contributed by atoms with Crippen molar-refractivity contribution >= 4 is 10.1 Å². The predicted molar refractivity (Wildman–Crippen MR) is 91.7 cm³/mol. The van der Waals surface area contributed by atoms with Gasteiger partial charge in [-0.1, -0.05) is 13.8 Å².